The Morgan fingerprint density at radius 3 is 2.12 bits per heavy atom. The van der Waals surface area contributed by atoms with Gasteiger partial charge >= 0.3 is 0 Å². The molecule has 16 heavy (non-hydrogen) atoms. The van der Waals surface area contributed by atoms with Crippen molar-refractivity contribution in [2.75, 3.05) is 34.2 Å². The maximum atomic E-state index is 11.4. The zero-order valence-electron chi connectivity index (χ0n) is 10.7. The highest BCUT2D eigenvalue weighted by Gasteiger charge is 2.29. The summed E-state index contributed by atoms with van der Waals surface area (Å²) in [4.78, 5) is 26.2. The largest absolute Gasteiger partial charge is 0.348 e. The third kappa shape index (κ3) is 4.59. The predicted molar refractivity (Wildman–Crippen MR) is 62.3 cm³/mol. The smallest absolute Gasteiger partial charge is 0.240 e. The van der Waals surface area contributed by atoms with E-state index < -0.39 is 5.41 Å². The van der Waals surface area contributed by atoms with E-state index in [1.165, 1.54) is 4.90 Å². The molecule has 6 nitrogen and oxygen atoms in total. The van der Waals surface area contributed by atoms with E-state index in [2.05, 4.69) is 5.43 Å². The van der Waals surface area contributed by atoms with Crippen LogP contribution in [0, 0.1) is 5.41 Å². The van der Waals surface area contributed by atoms with Gasteiger partial charge in [0.05, 0.1) is 12.0 Å². The van der Waals surface area contributed by atoms with Crippen LogP contribution < -0.4 is 11.3 Å². The fraction of sp³-hybridized carbons (Fsp3) is 0.800. The fourth-order valence-corrected chi connectivity index (χ4v) is 1.37. The second-order valence-corrected chi connectivity index (χ2v) is 4.82. The zero-order valence-corrected chi connectivity index (χ0v) is 10.7. The lowest BCUT2D eigenvalue weighted by Gasteiger charge is -2.28. The third-order valence-corrected chi connectivity index (χ3v) is 2.31. The Morgan fingerprint density at radius 2 is 1.75 bits per heavy atom. The molecule has 3 N–H and O–H groups in total. The van der Waals surface area contributed by atoms with Gasteiger partial charge in [0, 0.05) is 20.6 Å². The van der Waals surface area contributed by atoms with E-state index in [4.69, 9.17) is 5.84 Å². The monoisotopic (exact) mass is 230 g/mol. The number of likely N-dealkylation sites (N-methyl/N-ethyl adjacent to an activating group) is 2. The number of hydrogen-bond acceptors (Lipinski definition) is 4. The summed E-state index contributed by atoms with van der Waals surface area (Å²) in [6, 6.07) is 0. The summed E-state index contributed by atoms with van der Waals surface area (Å²) in [6.45, 7) is 4.32. The summed E-state index contributed by atoms with van der Waals surface area (Å²) in [5, 5.41) is 0. The number of nitrogens with one attached hydrogen (secondary N) is 1. The van der Waals surface area contributed by atoms with Gasteiger partial charge in [-0.15, -0.1) is 0 Å². The first kappa shape index (κ1) is 14.9. The first-order valence-electron chi connectivity index (χ1n) is 5.10. The molecule has 2 amide bonds. The van der Waals surface area contributed by atoms with Gasteiger partial charge < -0.3 is 4.90 Å². The van der Waals surface area contributed by atoms with Crippen LogP contribution in [-0.2, 0) is 9.59 Å². The van der Waals surface area contributed by atoms with Crippen molar-refractivity contribution in [3.8, 4) is 0 Å². The van der Waals surface area contributed by atoms with Crippen molar-refractivity contribution in [3.05, 3.63) is 0 Å². The van der Waals surface area contributed by atoms with Gasteiger partial charge in [-0.1, -0.05) is 0 Å². The summed E-state index contributed by atoms with van der Waals surface area (Å²) in [7, 11) is 5.20. The molecule has 0 atom stereocenters. The zero-order chi connectivity index (χ0) is 12.9. The molecule has 0 bridgehead atoms. The molecular weight excluding hydrogens is 208 g/mol. The molecule has 0 aliphatic rings. The van der Waals surface area contributed by atoms with Crippen molar-refractivity contribution in [3.63, 3.8) is 0 Å². The molecule has 0 aliphatic carbocycles. The van der Waals surface area contributed by atoms with Gasteiger partial charge in [-0.05, 0) is 20.9 Å². The number of nitrogens with zero attached hydrogens (tertiary/aromatic N) is 2. The number of hydrazine groups is 1. The van der Waals surface area contributed by atoms with E-state index in [0.717, 1.165) is 0 Å². The van der Waals surface area contributed by atoms with Crippen LogP contribution in [-0.4, -0.2) is 55.8 Å². The van der Waals surface area contributed by atoms with Gasteiger partial charge in [-0.25, -0.2) is 5.84 Å². The highest BCUT2D eigenvalue weighted by Crippen LogP contribution is 2.15. The number of carbonyl (C=O) groups excluding carboxylic acids is 2. The summed E-state index contributed by atoms with van der Waals surface area (Å²) in [6.07, 6.45) is 0. The first-order chi connectivity index (χ1) is 7.20. The average molecular weight is 230 g/mol. The maximum Gasteiger partial charge on any atom is 0.240 e. The van der Waals surface area contributed by atoms with Crippen LogP contribution in [0.15, 0.2) is 0 Å². The molecule has 6 heteroatoms. The van der Waals surface area contributed by atoms with Crippen LogP contribution >= 0.6 is 0 Å². The molecule has 0 fully saturated rings. The lowest BCUT2D eigenvalue weighted by molar-refractivity contribution is -0.133. The quantitative estimate of drug-likeness (QED) is 0.361. The van der Waals surface area contributed by atoms with Crippen LogP contribution in [0.2, 0.25) is 0 Å². The second-order valence-electron chi connectivity index (χ2n) is 4.82. The number of nitrogens with two attached hydrogens (primary N) is 1. The topological polar surface area (TPSA) is 78.7 Å². The van der Waals surface area contributed by atoms with E-state index >= 15 is 0 Å². The van der Waals surface area contributed by atoms with Gasteiger partial charge in [-0.2, -0.15) is 0 Å². The predicted octanol–water partition coefficient (Wildman–Crippen LogP) is -0.977. The molecule has 0 aromatic heterocycles. The van der Waals surface area contributed by atoms with Crippen molar-refractivity contribution in [1.29, 1.82) is 0 Å². The number of rotatable bonds is 5. The van der Waals surface area contributed by atoms with Crippen molar-refractivity contribution in [2.24, 2.45) is 11.3 Å². The van der Waals surface area contributed by atoms with Crippen LogP contribution in [0.4, 0.5) is 0 Å². The standard InChI is InChI=1S/C10H22N4O2/c1-10(2,9(16)12-11)7-14(5)6-8(15)13(3)4/h6-7,11H2,1-5H3,(H,12,16). The van der Waals surface area contributed by atoms with Crippen LogP contribution in [0.3, 0.4) is 0 Å². The fourth-order valence-electron chi connectivity index (χ4n) is 1.37. The second kappa shape index (κ2) is 5.81. The highest BCUT2D eigenvalue weighted by molar-refractivity contribution is 5.81. The Bertz CT molecular complexity index is 264. The minimum Gasteiger partial charge on any atom is -0.348 e. The van der Waals surface area contributed by atoms with Crippen LogP contribution in [0.5, 0.6) is 0 Å². The molecule has 0 saturated heterocycles. The van der Waals surface area contributed by atoms with Crippen molar-refractivity contribution < 1.29 is 9.59 Å². The van der Waals surface area contributed by atoms with Gasteiger partial charge in [-0.3, -0.25) is 19.9 Å². The summed E-state index contributed by atoms with van der Waals surface area (Å²) >= 11 is 0. The molecule has 0 aromatic rings. The molecule has 0 saturated carbocycles. The van der Waals surface area contributed by atoms with E-state index in [0.29, 0.717) is 6.54 Å². The molecule has 0 rings (SSSR count). The van der Waals surface area contributed by atoms with Gasteiger partial charge in [0.25, 0.3) is 0 Å². The maximum absolute atomic E-state index is 11.4. The lowest BCUT2D eigenvalue weighted by Crippen LogP contribution is -2.48. The van der Waals surface area contributed by atoms with Crippen LogP contribution in [0.25, 0.3) is 0 Å². The van der Waals surface area contributed by atoms with E-state index in [-0.39, 0.29) is 18.4 Å². The van der Waals surface area contributed by atoms with E-state index in [1.807, 2.05) is 0 Å². The normalized spacial score (nSPS) is 11.4. The summed E-state index contributed by atoms with van der Waals surface area (Å²) in [5.41, 5.74) is 1.51. The Labute approximate surface area is 96.7 Å². The molecule has 0 aliphatic heterocycles. The summed E-state index contributed by atoms with van der Waals surface area (Å²) < 4.78 is 0. The third-order valence-electron chi connectivity index (χ3n) is 2.31. The van der Waals surface area contributed by atoms with Crippen molar-refractivity contribution >= 4 is 11.8 Å². The number of amides is 2. The van der Waals surface area contributed by atoms with Crippen molar-refractivity contribution in [1.82, 2.24) is 15.2 Å². The molecule has 0 spiro atoms. The molecule has 94 valence electrons. The Kier molecular flexibility index (Phi) is 5.40. The Hall–Kier alpha value is -1.14. The number of carbonyl (C=O) groups is 2. The van der Waals surface area contributed by atoms with Gasteiger partial charge in [0.1, 0.15) is 0 Å². The summed E-state index contributed by atoms with van der Waals surface area (Å²) in [5.74, 6) is 4.86. The van der Waals surface area contributed by atoms with Crippen LogP contribution in [0.1, 0.15) is 13.8 Å². The minimum atomic E-state index is -0.615. The number of hydrogen-bond donors (Lipinski definition) is 2. The molecule has 0 unspecified atom stereocenters. The Balaban J connectivity index is 4.29. The Morgan fingerprint density at radius 1 is 1.25 bits per heavy atom. The first-order valence-corrected chi connectivity index (χ1v) is 5.10. The van der Waals surface area contributed by atoms with Crippen molar-refractivity contribution in [2.45, 2.75) is 13.8 Å². The SMILES string of the molecule is CN(CC(=O)N(C)C)CC(C)(C)C(=O)NN. The van der Waals surface area contributed by atoms with Gasteiger partial charge in [0.2, 0.25) is 11.8 Å². The highest BCUT2D eigenvalue weighted by atomic mass is 16.2. The average Bonchev–Trinajstić information content (AvgIpc) is 2.14. The molecular formula is C10H22N4O2. The van der Waals surface area contributed by atoms with E-state index in [9.17, 15) is 9.59 Å². The molecule has 0 aromatic carbocycles. The lowest BCUT2D eigenvalue weighted by atomic mass is 9.92. The van der Waals surface area contributed by atoms with E-state index in [1.54, 1.807) is 39.9 Å². The molecule has 0 radical (unpaired) electrons. The molecule has 0 heterocycles. The van der Waals surface area contributed by atoms with Gasteiger partial charge in [0.15, 0.2) is 0 Å². The minimum absolute atomic E-state index is 0.00598.